The zero-order chi connectivity index (χ0) is 14.7. The fourth-order valence-electron chi connectivity index (χ4n) is 2.63. The highest BCUT2D eigenvalue weighted by Crippen LogP contribution is 2.21. The zero-order valence-electron chi connectivity index (χ0n) is 11.8. The molecule has 1 unspecified atom stereocenters. The van der Waals surface area contributed by atoms with Gasteiger partial charge < -0.3 is 10.2 Å². The standard InChI is InChI=1S/C14H19N3O3/c1-3-16(12-6-7-15-9-12)14(18)11-4-5-13(17(19)20)10(2)8-11/h4-5,8,12,15H,3,6-7,9H2,1-2H3. The summed E-state index contributed by atoms with van der Waals surface area (Å²) in [5.74, 6) is -0.0563. The normalized spacial score (nSPS) is 18.0. The molecule has 1 amide bonds. The van der Waals surface area contributed by atoms with Gasteiger partial charge in [0.25, 0.3) is 11.6 Å². The van der Waals surface area contributed by atoms with Crippen LogP contribution in [0, 0.1) is 17.0 Å². The smallest absolute Gasteiger partial charge is 0.272 e. The minimum atomic E-state index is -0.429. The molecule has 2 rings (SSSR count). The lowest BCUT2D eigenvalue weighted by atomic mass is 10.1. The average molecular weight is 277 g/mol. The lowest BCUT2D eigenvalue weighted by Crippen LogP contribution is -2.41. The third-order valence-corrected chi connectivity index (χ3v) is 3.72. The van der Waals surface area contributed by atoms with Crippen molar-refractivity contribution in [1.82, 2.24) is 10.2 Å². The fraction of sp³-hybridized carbons (Fsp3) is 0.500. The second kappa shape index (κ2) is 6.00. The molecular formula is C14H19N3O3. The Morgan fingerprint density at radius 2 is 2.30 bits per heavy atom. The van der Waals surface area contributed by atoms with Crippen LogP contribution in [0.2, 0.25) is 0 Å². The van der Waals surface area contributed by atoms with Crippen molar-refractivity contribution in [2.45, 2.75) is 26.3 Å². The van der Waals surface area contributed by atoms with Crippen molar-refractivity contribution in [1.29, 1.82) is 0 Å². The number of carbonyl (C=O) groups is 1. The SMILES string of the molecule is CCN(C(=O)c1ccc([N+](=O)[O-])c(C)c1)C1CCNC1. The van der Waals surface area contributed by atoms with E-state index in [1.54, 1.807) is 19.1 Å². The Morgan fingerprint density at radius 3 is 2.80 bits per heavy atom. The molecule has 1 aromatic rings. The first kappa shape index (κ1) is 14.5. The summed E-state index contributed by atoms with van der Waals surface area (Å²) >= 11 is 0. The maximum absolute atomic E-state index is 12.5. The number of nitrogens with one attached hydrogen (secondary N) is 1. The van der Waals surface area contributed by atoms with E-state index >= 15 is 0 Å². The number of nitro benzene ring substituents is 1. The minimum absolute atomic E-state index is 0.0483. The van der Waals surface area contributed by atoms with E-state index < -0.39 is 4.92 Å². The topological polar surface area (TPSA) is 75.5 Å². The summed E-state index contributed by atoms with van der Waals surface area (Å²) in [6, 6.07) is 4.76. The monoisotopic (exact) mass is 277 g/mol. The van der Waals surface area contributed by atoms with E-state index in [0.29, 0.717) is 17.7 Å². The van der Waals surface area contributed by atoms with E-state index in [-0.39, 0.29) is 17.6 Å². The molecule has 108 valence electrons. The zero-order valence-corrected chi connectivity index (χ0v) is 11.8. The van der Waals surface area contributed by atoms with Gasteiger partial charge in [0.15, 0.2) is 0 Å². The van der Waals surface area contributed by atoms with Gasteiger partial charge in [-0.15, -0.1) is 0 Å². The van der Waals surface area contributed by atoms with Crippen LogP contribution in [-0.2, 0) is 0 Å². The fourth-order valence-corrected chi connectivity index (χ4v) is 2.63. The summed E-state index contributed by atoms with van der Waals surface area (Å²) in [7, 11) is 0. The molecule has 1 heterocycles. The van der Waals surface area contributed by atoms with Gasteiger partial charge in [-0.2, -0.15) is 0 Å². The first-order valence-corrected chi connectivity index (χ1v) is 6.81. The molecule has 1 aliphatic heterocycles. The first-order chi connectivity index (χ1) is 9.54. The van der Waals surface area contributed by atoms with Crippen molar-refractivity contribution in [2.75, 3.05) is 19.6 Å². The van der Waals surface area contributed by atoms with E-state index in [1.807, 2.05) is 11.8 Å². The number of likely N-dealkylation sites (N-methyl/N-ethyl adjacent to an activating group) is 1. The van der Waals surface area contributed by atoms with Crippen molar-refractivity contribution >= 4 is 11.6 Å². The average Bonchev–Trinajstić information content (AvgIpc) is 2.92. The molecule has 0 saturated carbocycles. The Kier molecular flexibility index (Phi) is 4.34. The molecule has 1 N–H and O–H groups in total. The highest BCUT2D eigenvalue weighted by Gasteiger charge is 2.26. The molecular weight excluding hydrogens is 258 g/mol. The molecule has 0 bridgehead atoms. The molecule has 6 heteroatoms. The van der Waals surface area contributed by atoms with Crippen LogP contribution in [0.4, 0.5) is 5.69 Å². The summed E-state index contributed by atoms with van der Waals surface area (Å²) in [6.07, 6.45) is 0.950. The Labute approximate surface area is 117 Å². The predicted octanol–water partition coefficient (Wildman–Crippen LogP) is 1.73. The lowest BCUT2D eigenvalue weighted by Gasteiger charge is -2.27. The highest BCUT2D eigenvalue weighted by molar-refractivity contribution is 5.95. The van der Waals surface area contributed by atoms with Crippen LogP contribution >= 0.6 is 0 Å². The first-order valence-electron chi connectivity index (χ1n) is 6.81. The molecule has 1 atom stereocenters. The number of nitro groups is 1. The largest absolute Gasteiger partial charge is 0.335 e. The summed E-state index contributed by atoms with van der Waals surface area (Å²) < 4.78 is 0. The van der Waals surface area contributed by atoms with E-state index in [0.717, 1.165) is 19.5 Å². The van der Waals surface area contributed by atoms with Crippen LogP contribution in [0.15, 0.2) is 18.2 Å². The van der Waals surface area contributed by atoms with Gasteiger partial charge in [-0.1, -0.05) is 0 Å². The van der Waals surface area contributed by atoms with Gasteiger partial charge in [0, 0.05) is 36.3 Å². The number of nitrogens with zero attached hydrogens (tertiary/aromatic N) is 2. The summed E-state index contributed by atoms with van der Waals surface area (Å²) in [5, 5.41) is 14.0. The number of hydrogen-bond acceptors (Lipinski definition) is 4. The number of carbonyl (C=O) groups excluding carboxylic acids is 1. The molecule has 1 saturated heterocycles. The molecule has 1 aromatic carbocycles. The summed E-state index contributed by atoms with van der Waals surface area (Å²) in [6.45, 7) is 5.98. The van der Waals surface area contributed by atoms with Crippen LogP contribution in [0.5, 0.6) is 0 Å². The number of benzene rings is 1. The molecule has 0 aromatic heterocycles. The maximum Gasteiger partial charge on any atom is 0.272 e. The minimum Gasteiger partial charge on any atom is -0.335 e. The van der Waals surface area contributed by atoms with Crippen LogP contribution in [0.25, 0.3) is 0 Å². The van der Waals surface area contributed by atoms with Crippen LogP contribution in [0.1, 0.15) is 29.3 Å². The third kappa shape index (κ3) is 2.80. The lowest BCUT2D eigenvalue weighted by molar-refractivity contribution is -0.385. The molecule has 1 fully saturated rings. The van der Waals surface area contributed by atoms with Gasteiger partial charge in [-0.25, -0.2) is 0 Å². The second-order valence-corrected chi connectivity index (χ2v) is 5.00. The van der Waals surface area contributed by atoms with Gasteiger partial charge in [0.2, 0.25) is 0 Å². The number of aryl methyl sites for hydroxylation is 1. The van der Waals surface area contributed by atoms with Gasteiger partial charge >= 0.3 is 0 Å². The Morgan fingerprint density at radius 1 is 1.55 bits per heavy atom. The molecule has 1 aliphatic rings. The van der Waals surface area contributed by atoms with Crippen LogP contribution in [0.3, 0.4) is 0 Å². The maximum atomic E-state index is 12.5. The Balaban J connectivity index is 2.23. The van der Waals surface area contributed by atoms with Gasteiger partial charge in [0.05, 0.1) is 4.92 Å². The van der Waals surface area contributed by atoms with E-state index in [2.05, 4.69) is 5.32 Å². The van der Waals surface area contributed by atoms with Crippen LogP contribution in [-0.4, -0.2) is 41.4 Å². The van der Waals surface area contributed by atoms with Crippen LogP contribution < -0.4 is 5.32 Å². The Hall–Kier alpha value is -1.95. The molecule has 20 heavy (non-hydrogen) atoms. The van der Waals surface area contributed by atoms with Crippen molar-refractivity contribution < 1.29 is 9.72 Å². The highest BCUT2D eigenvalue weighted by atomic mass is 16.6. The third-order valence-electron chi connectivity index (χ3n) is 3.72. The van der Waals surface area contributed by atoms with E-state index in [9.17, 15) is 14.9 Å². The van der Waals surface area contributed by atoms with Crippen molar-refractivity contribution in [2.24, 2.45) is 0 Å². The van der Waals surface area contributed by atoms with Gasteiger partial charge in [-0.3, -0.25) is 14.9 Å². The van der Waals surface area contributed by atoms with E-state index in [4.69, 9.17) is 0 Å². The van der Waals surface area contributed by atoms with E-state index in [1.165, 1.54) is 6.07 Å². The molecule has 0 radical (unpaired) electrons. The number of hydrogen-bond donors (Lipinski definition) is 1. The second-order valence-electron chi connectivity index (χ2n) is 5.00. The Bertz CT molecular complexity index is 524. The van der Waals surface area contributed by atoms with Gasteiger partial charge in [-0.05, 0) is 38.9 Å². The molecule has 6 nitrogen and oxygen atoms in total. The summed E-state index contributed by atoms with van der Waals surface area (Å²) in [4.78, 5) is 24.7. The van der Waals surface area contributed by atoms with Crippen molar-refractivity contribution in [3.8, 4) is 0 Å². The van der Waals surface area contributed by atoms with Gasteiger partial charge in [0.1, 0.15) is 0 Å². The van der Waals surface area contributed by atoms with Crippen molar-refractivity contribution in [3.63, 3.8) is 0 Å². The quantitative estimate of drug-likeness (QED) is 0.671. The predicted molar refractivity (Wildman–Crippen MR) is 75.8 cm³/mol. The van der Waals surface area contributed by atoms with Crippen molar-refractivity contribution in [3.05, 3.63) is 39.4 Å². The number of rotatable bonds is 4. The summed E-state index contributed by atoms with van der Waals surface area (Å²) in [5.41, 5.74) is 1.08. The molecule has 0 spiro atoms. The molecule has 0 aliphatic carbocycles. The number of amides is 1.